The average Bonchev–Trinajstić information content (AvgIpc) is 2.14. The first-order valence-corrected chi connectivity index (χ1v) is 3.03. The van der Waals surface area contributed by atoms with Gasteiger partial charge in [0.15, 0.2) is 5.50 Å². The third-order valence-electron chi connectivity index (χ3n) is 0.726. The molecule has 0 saturated carbocycles. The standard InChI is InChI=1S/C3H4N3O2S/c4-3-5-1-2(9-3)6(7)8/h3,5H,4H2/q+1. The van der Waals surface area contributed by atoms with Crippen LogP contribution in [-0.4, -0.2) is 10.4 Å². The largest absolute Gasteiger partial charge is 0.567 e. The maximum Gasteiger partial charge on any atom is 0.567 e. The van der Waals surface area contributed by atoms with Gasteiger partial charge in [-0.1, -0.05) is 0 Å². The van der Waals surface area contributed by atoms with E-state index >= 15 is 0 Å². The Bertz CT molecular complexity index is 168. The molecule has 0 bridgehead atoms. The van der Waals surface area contributed by atoms with Crippen LogP contribution in [-0.2, 0) is 0 Å². The van der Waals surface area contributed by atoms with Crippen LogP contribution in [0.2, 0.25) is 0 Å². The van der Waals surface area contributed by atoms with E-state index in [1.807, 2.05) is 0 Å². The number of rotatable bonds is 1. The summed E-state index contributed by atoms with van der Waals surface area (Å²) in [6.07, 6.45) is 2.31. The van der Waals surface area contributed by atoms with Crippen molar-refractivity contribution in [1.82, 2.24) is 5.32 Å². The number of nitrogens with one attached hydrogen (secondary N) is 1. The van der Waals surface area contributed by atoms with E-state index in [2.05, 4.69) is 11.5 Å². The molecule has 0 aromatic carbocycles. The third-order valence-corrected chi connectivity index (χ3v) is 1.57. The Labute approximate surface area is 55.4 Å². The van der Waals surface area contributed by atoms with Crippen LogP contribution in [0.1, 0.15) is 0 Å². The summed E-state index contributed by atoms with van der Waals surface area (Å²) in [6.45, 7) is 0. The predicted octanol–water partition coefficient (Wildman–Crippen LogP) is -0.556. The summed E-state index contributed by atoms with van der Waals surface area (Å²) in [5, 5.41) is 12.3. The highest BCUT2D eigenvalue weighted by molar-refractivity contribution is 8.03. The smallest absolute Gasteiger partial charge is 0.299 e. The molecular formula is C3H4N3O2S+. The van der Waals surface area contributed by atoms with Crippen molar-refractivity contribution in [3.8, 4) is 0 Å². The molecule has 1 aliphatic heterocycles. The van der Waals surface area contributed by atoms with Crippen LogP contribution in [0, 0.1) is 16.3 Å². The summed E-state index contributed by atoms with van der Waals surface area (Å²) in [5.41, 5.74) is 4.82. The Morgan fingerprint density at radius 2 is 2.67 bits per heavy atom. The zero-order valence-electron chi connectivity index (χ0n) is 4.33. The van der Waals surface area contributed by atoms with E-state index in [4.69, 9.17) is 5.73 Å². The van der Waals surface area contributed by atoms with Gasteiger partial charge in [-0.25, -0.2) is 0 Å². The first-order valence-electron chi connectivity index (χ1n) is 2.15. The highest BCUT2D eigenvalue weighted by atomic mass is 32.2. The Kier molecular flexibility index (Phi) is 1.52. The second-order valence-electron chi connectivity index (χ2n) is 1.37. The minimum Gasteiger partial charge on any atom is -0.299 e. The van der Waals surface area contributed by atoms with Crippen molar-refractivity contribution in [1.29, 1.82) is 0 Å². The van der Waals surface area contributed by atoms with Crippen molar-refractivity contribution in [3.63, 3.8) is 0 Å². The van der Waals surface area contributed by atoms with Crippen molar-refractivity contribution >= 4 is 11.8 Å². The molecule has 1 aliphatic rings. The monoisotopic (exact) mass is 146 g/mol. The summed E-state index contributed by atoms with van der Waals surface area (Å²) in [4.78, 5) is 9.41. The fourth-order valence-corrected chi connectivity index (χ4v) is 0.963. The molecule has 0 spiro atoms. The first kappa shape index (κ1) is 6.28. The summed E-state index contributed by atoms with van der Waals surface area (Å²) in [6, 6.07) is 0. The Hall–Kier alpha value is -0.840. The van der Waals surface area contributed by atoms with Crippen LogP contribution in [0.4, 0.5) is 0 Å². The van der Waals surface area contributed by atoms with E-state index in [0.29, 0.717) is 0 Å². The molecular weight excluding hydrogens is 142 g/mol. The summed E-state index contributed by atoms with van der Waals surface area (Å²) < 4.78 is 0. The van der Waals surface area contributed by atoms with E-state index in [1.54, 1.807) is 0 Å². The van der Waals surface area contributed by atoms with Crippen LogP contribution in [0.3, 0.4) is 0 Å². The Balaban J connectivity index is 2.55. The third kappa shape index (κ3) is 1.29. The van der Waals surface area contributed by atoms with Gasteiger partial charge in [0.2, 0.25) is 0 Å². The molecule has 1 unspecified atom stereocenters. The fraction of sp³-hybridized carbons (Fsp3) is 0.333. The second kappa shape index (κ2) is 2.18. The first-order chi connectivity index (χ1) is 4.20. The SMILES string of the molecule is NC1N[C+]=C([N+](=O)[O-])S1. The molecule has 6 heteroatoms. The van der Waals surface area contributed by atoms with Gasteiger partial charge in [0, 0.05) is 0 Å². The van der Waals surface area contributed by atoms with Crippen molar-refractivity contribution < 1.29 is 4.92 Å². The number of thioether (sulfide) groups is 1. The van der Waals surface area contributed by atoms with Crippen molar-refractivity contribution in [2.45, 2.75) is 5.50 Å². The lowest BCUT2D eigenvalue weighted by atomic mass is 10.9. The quantitative estimate of drug-likeness (QED) is 0.294. The van der Waals surface area contributed by atoms with Gasteiger partial charge < -0.3 is 0 Å². The highest BCUT2D eigenvalue weighted by Crippen LogP contribution is 2.21. The van der Waals surface area contributed by atoms with Gasteiger partial charge in [-0.3, -0.25) is 15.8 Å². The number of hydrogen-bond donors (Lipinski definition) is 2. The van der Waals surface area contributed by atoms with Crippen LogP contribution in [0.25, 0.3) is 0 Å². The van der Waals surface area contributed by atoms with Crippen LogP contribution >= 0.6 is 11.8 Å². The zero-order chi connectivity index (χ0) is 6.85. The molecule has 9 heavy (non-hydrogen) atoms. The van der Waals surface area contributed by atoms with E-state index in [1.165, 1.54) is 0 Å². The maximum absolute atomic E-state index is 9.94. The topological polar surface area (TPSA) is 81.2 Å². The van der Waals surface area contributed by atoms with Crippen LogP contribution < -0.4 is 11.1 Å². The molecule has 1 rings (SSSR count). The molecule has 0 aromatic heterocycles. The van der Waals surface area contributed by atoms with Gasteiger partial charge in [0.25, 0.3) is 0 Å². The number of hydrogen-bond acceptors (Lipinski definition) is 5. The molecule has 0 aliphatic carbocycles. The number of nitro groups is 1. The highest BCUT2D eigenvalue weighted by Gasteiger charge is 2.37. The molecule has 5 nitrogen and oxygen atoms in total. The van der Waals surface area contributed by atoms with Crippen molar-refractivity contribution in [3.05, 3.63) is 21.3 Å². The molecule has 0 amide bonds. The van der Waals surface area contributed by atoms with E-state index < -0.39 is 10.4 Å². The molecule has 1 heterocycles. The van der Waals surface area contributed by atoms with Gasteiger partial charge in [-0.15, -0.1) is 0 Å². The normalized spacial score (nSPS) is 24.1. The minimum absolute atomic E-state index is 0.0532. The van der Waals surface area contributed by atoms with Crippen molar-refractivity contribution in [2.24, 2.45) is 5.73 Å². The molecule has 0 fully saturated rings. The van der Waals surface area contributed by atoms with Gasteiger partial charge in [-0.05, 0) is 0 Å². The van der Waals surface area contributed by atoms with Gasteiger partial charge in [-0.2, -0.15) is 5.32 Å². The second-order valence-corrected chi connectivity index (χ2v) is 2.50. The molecule has 48 valence electrons. The lowest BCUT2D eigenvalue weighted by molar-refractivity contribution is -0.411. The van der Waals surface area contributed by atoms with Crippen LogP contribution in [0.15, 0.2) is 5.03 Å². The Morgan fingerprint density at radius 3 is 2.89 bits per heavy atom. The van der Waals surface area contributed by atoms with E-state index in [0.717, 1.165) is 11.8 Å². The maximum atomic E-state index is 9.94. The molecule has 0 saturated heterocycles. The summed E-state index contributed by atoms with van der Waals surface area (Å²) in [5.74, 6) is 0. The summed E-state index contributed by atoms with van der Waals surface area (Å²) >= 11 is 0.947. The summed E-state index contributed by atoms with van der Waals surface area (Å²) in [7, 11) is 0. The number of nitrogens with two attached hydrogens (primary N) is 1. The van der Waals surface area contributed by atoms with E-state index in [9.17, 15) is 10.1 Å². The average molecular weight is 146 g/mol. The molecule has 0 aromatic rings. The Morgan fingerprint density at radius 1 is 2.00 bits per heavy atom. The predicted molar refractivity (Wildman–Crippen MR) is 32.5 cm³/mol. The lowest BCUT2D eigenvalue weighted by Gasteiger charge is -1.87. The molecule has 0 radical (unpaired) electrons. The number of nitrogens with zero attached hydrogens (tertiary/aromatic N) is 1. The van der Waals surface area contributed by atoms with Gasteiger partial charge >= 0.3 is 11.2 Å². The fourth-order valence-electron chi connectivity index (χ4n) is 0.401. The van der Waals surface area contributed by atoms with Crippen LogP contribution in [0.5, 0.6) is 0 Å². The minimum atomic E-state index is -0.523. The van der Waals surface area contributed by atoms with Crippen molar-refractivity contribution in [2.75, 3.05) is 0 Å². The molecule has 1 atom stereocenters. The van der Waals surface area contributed by atoms with Gasteiger partial charge in [0.05, 0.1) is 11.8 Å². The zero-order valence-corrected chi connectivity index (χ0v) is 5.14. The van der Waals surface area contributed by atoms with Gasteiger partial charge in [0.1, 0.15) is 4.92 Å². The molecule has 3 N–H and O–H groups in total. The lowest BCUT2D eigenvalue weighted by Crippen LogP contribution is -2.26. The van der Waals surface area contributed by atoms with E-state index in [-0.39, 0.29) is 5.03 Å².